The van der Waals surface area contributed by atoms with Crippen LogP contribution < -0.4 is 5.43 Å². The number of aromatic nitrogens is 1. The van der Waals surface area contributed by atoms with E-state index in [0.29, 0.717) is 5.92 Å². The normalized spacial score (nSPS) is 16.8. The maximum Gasteiger partial charge on any atom is 0.193 e. The molecule has 0 radical (unpaired) electrons. The largest absolute Gasteiger partial charge is 0.381 e. The topological polar surface area (TPSA) is 42.1 Å². The number of hydrogen-bond acceptors (Lipinski definition) is 2. The Kier molecular flexibility index (Phi) is 3.69. The van der Waals surface area contributed by atoms with E-state index >= 15 is 0 Å². The van der Waals surface area contributed by atoms with Gasteiger partial charge >= 0.3 is 0 Å². The van der Waals surface area contributed by atoms with Crippen molar-refractivity contribution in [3.63, 3.8) is 0 Å². The van der Waals surface area contributed by atoms with Crippen LogP contribution in [0.15, 0.2) is 21.4 Å². The molecule has 0 bridgehead atoms. The van der Waals surface area contributed by atoms with E-state index in [1.54, 1.807) is 0 Å². The van der Waals surface area contributed by atoms with Crippen molar-refractivity contribution in [3.8, 4) is 0 Å². The highest BCUT2D eigenvalue weighted by Gasteiger charge is 2.21. The minimum absolute atomic E-state index is 0.135. The lowest BCUT2D eigenvalue weighted by Crippen LogP contribution is -2.20. The van der Waals surface area contributed by atoms with E-state index in [-0.39, 0.29) is 5.43 Å². The monoisotopic (exact) mass is 335 g/mol. The molecule has 1 aromatic heterocycles. The Morgan fingerprint density at radius 2 is 1.95 bits per heavy atom. The number of hydrogen-bond donors (Lipinski definition) is 1. The average Bonchev–Trinajstić information content (AvgIpc) is 2.47. The molecule has 106 valence electrons. The number of rotatable bonds is 1. The molecule has 1 N–H and O–H groups in total. The highest BCUT2D eigenvalue weighted by Crippen LogP contribution is 2.30. The van der Waals surface area contributed by atoms with Gasteiger partial charge in [0.2, 0.25) is 0 Å². The zero-order valence-corrected chi connectivity index (χ0v) is 13.3. The van der Waals surface area contributed by atoms with Crippen LogP contribution >= 0.6 is 15.9 Å². The van der Waals surface area contributed by atoms with Crippen LogP contribution in [0.5, 0.6) is 0 Å². The number of benzene rings is 1. The Labute approximate surface area is 126 Å². The molecule has 1 aliphatic rings. The molecule has 20 heavy (non-hydrogen) atoms. The predicted octanol–water partition coefficient (Wildman–Crippen LogP) is 3.80. The summed E-state index contributed by atoms with van der Waals surface area (Å²) >= 11 is 3.55. The molecule has 3 nitrogen and oxygen atoms in total. The first-order valence-corrected chi connectivity index (χ1v) is 7.78. The molecule has 0 amide bonds. The second kappa shape index (κ2) is 5.34. The summed E-state index contributed by atoms with van der Waals surface area (Å²) < 4.78 is 6.31. The lowest BCUT2D eigenvalue weighted by Gasteiger charge is -2.24. The fourth-order valence-electron chi connectivity index (χ4n) is 2.95. The van der Waals surface area contributed by atoms with Gasteiger partial charge in [0.1, 0.15) is 0 Å². The predicted molar refractivity (Wildman–Crippen MR) is 84.5 cm³/mol. The Morgan fingerprint density at radius 3 is 2.65 bits per heavy atom. The van der Waals surface area contributed by atoms with Gasteiger partial charge in [0, 0.05) is 34.9 Å². The van der Waals surface area contributed by atoms with Crippen molar-refractivity contribution < 1.29 is 4.74 Å². The van der Waals surface area contributed by atoms with Crippen LogP contribution in [0.2, 0.25) is 0 Å². The molecule has 4 heteroatoms. The molecule has 0 saturated carbocycles. The number of aromatic amines is 1. The summed E-state index contributed by atoms with van der Waals surface area (Å²) in [5, 5.41) is 0.762. The SMILES string of the molecule is Cc1ccc2[nH]c(C3CCOCC3)c(C)c(=O)c2c1Br. The number of fused-ring (bicyclic) bond motifs is 1. The van der Waals surface area contributed by atoms with Gasteiger partial charge in [0.05, 0.1) is 10.9 Å². The first kappa shape index (κ1) is 13.8. The summed E-state index contributed by atoms with van der Waals surface area (Å²) in [6.07, 6.45) is 1.96. The zero-order valence-electron chi connectivity index (χ0n) is 11.8. The third-order valence-electron chi connectivity index (χ3n) is 4.21. The Balaban J connectivity index is 2.23. The van der Waals surface area contributed by atoms with E-state index in [9.17, 15) is 4.79 Å². The molecule has 0 spiro atoms. The van der Waals surface area contributed by atoms with Crippen molar-refractivity contribution in [3.05, 3.63) is 43.6 Å². The van der Waals surface area contributed by atoms with Crippen LogP contribution in [0.25, 0.3) is 10.9 Å². The van der Waals surface area contributed by atoms with Gasteiger partial charge in [-0.15, -0.1) is 0 Å². The Morgan fingerprint density at radius 1 is 1.25 bits per heavy atom. The molecule has 0 aliphatic carbocycles. The van der Waals surface area contributed by atoms with E-state index in [1.165, 1.54) is 0 Å². The van der Waals surface area contributed by atoms with Gasteiger partial charge in [0.25, 0.3) is 0 Å². The molecule has 0 atom stereocenters. The van der Waals surface area contributed by atoms with Gasteiger partial charge < -0.3 is 9.72 Å². The van der Waals surface area contributed by atoms with E-state index in [2.05, 4.69) is 20.9 Å². The lowest BCUT2D eigenvalue weighted by molar-refractivity contribution is 0.0844. The second-order valence-corrected chi connectivity index (χ2v) is 6.29. The van der Waals surface area contributed by atoms with Crippen molar-refractivity contribution >= 4 is 26.8 Å². The number of pyridine rings is 1. The Bertz CT molecular complexity index is 714. The third kappa shape index (κ3) is 2.21. The van der Waals surface area contributed by atoms with Gasteiger partial charge in [0.15, 0.2) is 5.43 Å². The highest BCUT2D eigenvalue weighted by atomic mass is 79.9. The standard InChI is InChI=1S/C16H18BrNO2/c1-9-3-4-12-13(14(9)17)16(19)10(2)15(18-12)11-5-7-20-8-6-11/h3-4,11H,5-8H2,1-2H3,(H,18,19). The summed E-state index contributed by atoms with van der Waals surface area (Å²) in [7, 11) is 0. The van der Waals surface area contributed by atoms with Gasteiger partial charge in [-0.1, -0.05) is 6.07 Å². The number of nitrogens with one attached hydrogen (secondary N) is 1. The van der Waals surface area contributed by atoms with Crippen molar-refractivity contribution in [1.82, 2.24) is 4.98 Å². The van der Waals surface area contributed by atoms with Crippen molar-refractivity contribution in [2.24, 2.45) is 0 Å². The molecule has 1 fully saturated rings. The van der Waals surface area contributed by atoms with Crippen LogP contribution in [-0.4, -0.2) is 18.2 Å². The van der Waals surface area contributed by atoms with Crippen molar-refractivity contribution in [1.29, 1.82) is 0 Å². The van der Waals surface area contributed by atoms with Gasteiger partial charge in [-0.05, 0) is 54.2 Å². The van der Waals surface area contributed by atoms with Gasteiger partial charge in [-0.3, -0.25) is 4.79 Å². The molecule has 1 aromatic carbocycles. The first-order valence-electron chi connectivity index (χ1n) is 6.99. The van der Waals surface area contributed by atoms with E-state index < -0.39 is 0 Å². The van der Waals surface area contributed by atoms with Gasteiger partial charge in [-0.2, -0.15) is 0 Å². The van der Waals surface area contributed by atoms with Crippen LogP contribution in [0, 0.1) is 13.8 Å². The van der Waals surface area contributed by atoms with Crippen LogP contribution in [-0.2, 0) is 4.74 Å². The highest BCUT2D eigenvalue weighted by molar-refractivity contribution is 9.10. The summed E-state index contributed by atoms with van der Waals surface area (Å²) in [6, 6.07) is 4.03. The average molecular weight is 336 g/mol. The first-order chi connectivity index (χ1) is 9.59. The molecular formula is C16H18BrNO2. The molecule has 2 aromatic rings. The third-order valence-corrected chi connectivity index (χ3v) is 5.23. The van der Waals surface area contributed by atoms with Crippen LogP contribution in [0.1, 0.15) is 35.6 Å². The number of ether oxygens (including phenoxy) is 1. The summed E-state index contributed by atoms with van der Waals surface area (Å²) in [4.78, 5) is 16.2. The molecule has 1 aliphatic heterocycles. The fraction of sp³-hybridized carbons (Fsp3) is 0.438. The minimum Gasteiger partial charge on any atom is -0.381 e. The van der Waals surface area contributed by atoms with Crippen LogP contribution in [0.3, 0.4) is 0 Å². The molecular weight excluding hydrogens is 318 g/mol. The van der Waals surface area contributed by atoms with Crippen molar-refractivity contribution in [2.45, 2.75) is 32.6 Å². The summed E-state index contributed by atoms with van der Waals surface area (Å²) in [5.41, 5.74) is 4.06. The second-order valence-electron chi connectivity index (χ2n) is 5.50. The van der Waals surface area contributed by atoms with E-state index in [4.69, 9.17) is 4.74 Å². The minimum atomic E-state index is 0.135. The van der Waals surface area contributed by atoms with Crippen molar-refractivity contribution in [2.75, 3.05) is 13.2 Å². The molecule has 3 rings (SSSR count). The fourth-order valence-corrected chi connectivity index (χ4v) is 3.48. The zero-order chi connectivity index (χ0) is 14.3. The summed E-state index contributed by atoms with van der Waals surface area (Å²) in [6.45, 7) is 5.49. The smallest absolute Gasteiger partial charge is 0.193 e. The van der Waals surface area contributed by atoms with E-state index in [0.717, 1.165) is 58.3 Å². The quantitative estimate of drug-likeness (QED) is 0.861. The number of halogens is 1. The maximum absolute atomic E-state index is 12.7. The summed E-state index contributed by atoms with van der Waals surface area (Å²) in [5.74, 6) is 0.404. The molecule has 0 unspecified atom stereocenters. The maximum atomic E-state index is 12.7. The number of H-pyrrole nitrogens is 1. The van der Waals surface area contributed by atoms with Gasteiger partial charge in [-0.25, -0.2) is 0 Å². The Hall–Kier alpha value is -1.13. The number of aryl methyl sites for hydroxylation is 1. The van der Waals surface area contributed by atoms with Crippen LogP contribution in [0.4, 0.5) is 0 Å². The molecule has 2 heterocycles. The van der Waals surface area contributed by atoms with E-state index in [1.807, 2.05) is 26.0 Å². The lowest BCUT2D eigenvalue weighted by atomic mass is 9.92. The molecule has 1 saturated heterocycles.